The molecule has 4 aliphatic rings. The number of hydrogen-bond donors (Lipinski definition) is 2. The number of phenolic OH excluding ortho intramolecular Hbond substituents is 1. The first-order valence-corrected chi connectivity index (χ1v) is 19.4. The van der Waals surface area contributed by atoms with E-state index in [9.17, 15) is 23.9 Å². The standard InChI is InChI=1S/C44H47FN4O6/c1-28-23-30(7-14-38(28)45)37-27-55-40-25-33(50)9-13-36(40)42(37)29-5-10-34(11-6-29)54-22-4-2-3-17-47-18-20-48(21-19-47)32-8-12-35-31(24-32)26-49(44(35)53)39-15-16-41(51)46-43(39)52/h5-14,23-25,37,39,42,50H,2-4,15-22,26-27H2,1H3,(H,46,51,52)/t37-,39?,42-/m0/s1. The van der Waals surface area contributed by atoms with Crippen LogP contribution >= 0.6 is 0 Å². The molecular formula is C44H47FN4O6. The highest BCUT2D eigenvalue weighted by Crippen LogP contribution is 2.47. The van der Waals surface area contributed by atoms with E-state index in [1.54, 1.807) is 24.0 Å². The van der Waals surface area contributed by atoms with Gasteiger partial charge in [-0.05, 0) is 104 Å². The van der Waals surface area contributed by atoms with Crippen molar-refractivity contribution in [3.8, 4) is 17.2 Å². The SMILES string of the molecule is Cc1cc([C@@H]2COc3cc(O)ccc3[C@@H]2c2ccc(OCCCCCN3CCN(c4ccc5c(c4)CN(C4CCC(=O)NC4=O)C5=O)CC3)cc2)ccc1F. The van der Waals surface area contributed by atoms with Gasteiger partial charge in [-0.25, -0.2) is 4.39 Å². The Bertz CT molecular complexity index is 2080. The lowest BCUT2D eigenvalue weighted by Crippen LogP contribution is -2.52. The Hall–Kier alpha value is -5.42. The zero-order valence-electron chi connectivity index (χ0n) is 31.1. The van der Waals surface area contributed by atoms with E-state index in [0.29, 0.717) is 43.1 Å². The second kappa shape index (κ2) is 15.7. The van der Waals surface area contributed by atoms with Crippen molar-refractivity contribution in [3.63, 3.8) is 0 Å². The van der Waals surface area contributed by atoms with Crippen molar-refractivity contribution in [1.82, 2.24) is 15.1 Å². The van der Waals surface area contributed by atoms with Gasteiger partial charge in [0.2, 0.25) is 11.8 Å². The summed E-state index contributed by atoms with van der Waals surface area (Å²) in [6, 6.07) is 24.2. The van der Waals surface area contributed by atoms with Crippen LogP contribution in [0.5, 0.6) is 17.2 Å². The smallest absolute Gasteiger partial charge is 0.255 e. The number of aromatic hydroxyl groups is 1. The molecule has 0 saturated carbocycles. The fraction of sp³-hybridized carbons (Fsp3) is 0.386. The summed E-state index contributed by atoms with van der Waals surface area (Å²) in [6.07, 6.45) is 3.76. The Morgan fingerprint density at radius 3 is 2.47 bits per heavy atom. The second-order valence-electron chi connectivity index (χ2n) is 15.2. The summed E-state index contributed by atoms with van der Waals surface area (Å²) in [6.45, 7) is 8.05. The minimum absolute atomic E-state index is 0.0167. The zero-order valence-corrected chi connectivity index (χ0v) is 31.1. The minimum atomic E-state index is -0.601. The summed E-state index contributed by atoms with van der Waals surface area (Å²) >= 11 is 0. The summed E-state index contributed by atoms with van der Waals surface area (Å²) in [5.41, 5.74) is 6.40. The molecule has 10 nitrogen and oxygen atoms in total. The number of imide groups is 1. The van der Waals surface area contributed by atoms with Crippen LogP contribution in [-0.4, -0.2) is 84.6 Å². The maximum absolute atomic E-state index is 14.1. The number of phenols is 1. The summed E-state index contributed by atoms with van der Waals surface area (Å²) < 4.78 is 26.4. The molecule has 8 rings (SSSR count). The molecule has 1 unspecified atom stereocenters. The van der Waals surface area contributed by atoms with Gasteiger partial charge in [-0.1, -0.05) is 30.3 Å². The van der Waals surface area contributed by atoms with E-state index < -0.39 is 6.04 Å². The largest absolute Gasteiger partial charge is 0.508 e. The lowest BCUT2D eigenvalue weighted by molar-refractivity contribution is -0.136. The number of benzene rings is 4. The first kappa shape index (κ1) is 36.6. The maximum Gasteiger partial charge on any atom is 0.255 e. The van der Waals surface area contributed by atoms with Gasteiger partial charge in [-0.2, -0.15) is 0 Å². The number of rotatable bonds is 11. The predicted molar refractivity (Wildman–Crippen MR) is 206 cm³/mol. The Kier molecular flexibility index (Phi) is 10.5. The molecule has 2 fully saturated rings. The molecule has 4 aromatic rings. The van der Waals surface area contributed by atoms with Gasteiger partial charge in [-0.3, -0.25) is 24.6 Å². The van der Waals surface area contributed by atoms with Crippen LogP contribution in [0.4, 0.5) is 10.1 Å². The predicted octanol–water partition coefficient (Wildman–Crippen LogP) is 6.28. The molecule has 286 valence electrons. The van der Waals surface area contributed by atoms with E-state index in [2.05, 4.69) is 33.3 Å². The topological polar surface area (TPSA) is 112 Å². The van der Waals surface area contributed by atoms with Crippen LogP contribution in [0.2, 0.25) is 0 Å². The number of nitrogens with one attached hydrogen (secondary N) is 1. The summed E-state index contributed by atoms with van der Waals surface area (Å²) in [7, 11) is 0. The van der Waals surface area contributed by atoms with Gasteiger partial charge in [0.25, 0.3) is 5.91 Å². The number of halogens is 1. The molecule has 4 heterocycles. The van der Waals surface area contributed by atoms with Gasteiger partial charge in [0.1, 0.15) is 29.1 Å². The van der Waals surface area contributed by atoms with E-state index in [4.69, 9.17) is 9.47 Å². The summed E-state index contributed by atoms with van der Waals surface area (Å²) in [5.74, 6) is 0.582. The lowest BCUT2D eigenvalue weighted by atomic mass is 9.75. The second-order valence-corrected chi connectivity index (χ2v) is 15.2. The van der Waals surface area contributed by atoms with E-state index in [-0.39, 0.29) is 47.5 Å². The number of carbonyl (C=O) groups excluding carboxylic acids is 3. The highest BCUT2D eigenvalue weighted by atomic mass is 19.1. The van der Waals surface area contributed by atoms with Gasteiger partial charge < -0.3 is 24.4 Å². The normalized spacial score (nSPS) is 21.2. The van der Waals surface area contributed by atoms with E-state index in [0.717, 1.165) is 85.7 Å². The van der Waals surface area contributed by atoms with Crippen LogP contribution < -0.4 is 19.7 Å². The zero-order chi connectivity index (χ0) is 38.1. The van der Waals surface area contributed by atoms with E-state index in [1.807, 2.05) is 42.5 Å². The molecule has 4 aromatic carbocycles. The molecule has 0 radical (unpaired) electrons. The molecule has 4 aliphatic heterocycles. The molecule has 11 heteroatoms. The fourth-order valence-corrected chi connectivity index (χ4v) is 8.56. The van der Waals surface area contributed by atoms with Crippen molar-refractivity contribution in [3.05, 3.63) is 118 Å². The molecule has 2 saturated heterocycles. The number of carbonyl (C=O) groups is 3. The third-order valence-corrected chi connectivity index (χ3v) is 11.6. The molecule has 0 bridgehead atoms. The van der Waals surface area contributed by atoms with Gasteiger partial charge in [-0.15, -0.1) is 0 Å². The first-order valence-electron chi connectivity index (χ1n) is 19.4. The molecule has 3 amide bonds. The lowest BCUT2D eigenvalue weighted by Gasteiger charge is -2.36. The molecule has 2 N–H and O–H groups in total. The van der Waals surface area contributed by atoms with Crippen LogP contribution in [-0.2, 0) is 16.1 Å². The highest BCUT2D eigenvalue weighted by Gasteiger charge is 2.39. The van der Waals surface area contributed by atoms with Crippen molar-refractivity contribution < 1.29 is 33.4 Å². The maximum atomic E-state index is 14.1. The molecule has 3 atom stereocenters. The van der Waals surface area contributed by atoms with Crippen molar-refractivity contribution in [2.24, 2.45) is 0 Å². The Labute approximate surface area is 320 Å². The van der Waals surface area contributed by atoms with Crippen molar-refractivity contribution >= 4 is 23.4 Å². The number of anilines is 1. The average molecular weight is 747 g/mol. The number of ether oxygens (including phenoxy) is 2. The van der Waals surface area contributed by atoms with E-state index >= 15 is 0 Å². The third-order valence-electron chi connectivity index (χ3n) is 11.6. The highest BCUT2D eigenvalue weighted by molar-refractivity contribution is 6.05. The number of hydrogen-bond acceptors (Lipinski definition) is 8. The summed E-state index contributed by atoms with van der Waals surface area (Å²) in [4.78, 5) is 43.6. The molecule has 55 heavy (non-hydrogen) atoms. The molecular weight excluding hydrogens is 700 g/mol. The number of piperazine rings is 1. The Balaban J connectivity index is 0.784. The quantitative estimate of drug-likeness (QED) is 0.136. The molecule has 0 aliphatic carbocycles. The summed E-state index contributed by atoms with van der Waals surface area (Å²) in [5, 5.41) is 12.5. The van der Waals surface area contributed by atoms with Crippen molar-refractivity contribution in [2.75, 3.05) is 50.8 Å². The number of amides is 3. The van der Waals surface area contributed by atoms with Crippen LogP contribution in [0, 0.1) is 12.7 Å². The number of aryl methyl sites for hydroxylation is 1. The van der Waals surface area contributed by atoms with Crippen LogP contribution in [0.1, 0.15) is 82.1 Å². The van der Waals surface area contributed by atoms with Crippen molar-refractivity contribution in [1.29, 1.82) is 0 Å². The fourth-order valence-electron chi connectivity index (χ4n) is 8.56. The van der Waals surface area contributed by atoms with Gasteiger partial charge in [0.15, 0.2) is 0 Å². The number of fused-ring (bicyclic) bond motifs is 2. The molecule has 0 aromatic heterocycles. The minimum Gasteiger partial charge on any atom is -0.508 e. The van der Waals surface area contributed by atoms with Gasteiger partial charge >= 0.3 is 0 Å². The van der Waals surface area contributed by atoms with E-state index in [1.165, 1.54) is 6.07 Å². The number of piperidine rings is 1. The van der Waals surface area contributed by atoms with Crippen molar-refractivity contribution in [2.45, 2.75) is 63.5 Å². The van der Waals surface area contributed by atoms with Crippen LogP contribution in [0.15, 0.2) is 78.9 Å². The first-order chi connectivity index (χ1) is 26.7. The van der Waals surface area contributed by atoms with Gasteiger partial charge in [0.05, 0.1) is 13.2 Å². The molecule has 0 spiro atoms. The Morgan fingerprint density at radius 2 is 1.69 bits per heavy atom. The Morgan fingerprint density at radius 1 is 0.891 bits per heavy atom. The monoisotopic (exact) mass is 746 g/mol. The van der Waals surface area contributed by atoms with Gasteiger partial charge in [0, 0.05) is 73.9 Å². The number of unbranched alkanes of at least 4 members (excludes halogenated alkanes) is 2. The third kappa shape index (κ3) is 7.76. The number of nitrogens with zero attached hydrogens (tertiary/aromatic N) is 3. The van der Waals surface area contributed by atoms with Crippen LogP contribution in [0.3, 0.4) is 0 Å². The average Bonchev–Trinajstić information content (AvgIpc) is 3.52. The van der Waals surface area contributed by atoms with Crippen LogP contribution in [0.25, 0.3) is 0 Å².